The van der Waals surface area contributed by atoms with E-state index in [0.717, 1.165) is 12.8 Å². The minimum atomic E-state index is 1.04. The molecule has 0 saturated carbocycles. The van der Waals surface area contributed by atoms with Gasteiger partial charge in [0.1, 0.15) is 0 Å². The van der Waals surface area contributed by atoms with Crippen molar-refractivity contribution >= 4 is 32.3 Å². The SMILES string of the molecule is c1ccc2c(c1)Cc1cc3c4ccccc4c4ccccc4c3cc1C2. The number of fused-ring (bicyclic) bond motifs is 8. The zero-order valence-corrected chi connectivity index (χ0v) is 14.5. The third kappa shape index (κ3) is 1.90. The molecule has 0 atom stereocenters. The largest absolute Gasteiger partial charge is 0.0620 e. The van der Waals surface area contributed by atoms with Gasteiger partial charge in [0, 0.05) is 0 Å². The van der Waals surface area contributed by atoms with Crippen molar-refractivity contribution in [2.75, 3.05) is 0 Å². The molecular weight excluding hydrogens is 312 g/mol. The molecule has 0 aliphatic heterocycles. The van der Waals surface area contributed by atoms with Crippen molar-refractivity contribution in [1.29, 1.82) is 0 Å². The van der Waals surface area contributed by atoms with Gasteiger partial charge < -0.3 is 0 Å². The summed E-state index contributed by atoms with van der Waals surface area (Å²) in [5.74, 6) is 0. The van der Waals surface area contributed by atoms with Crippen LogP contribution in [0.5, 0.6) is 0 Å². The van der Waals surface area contributed by atoms with Crippen LogP contribution in [-0.2, 0) is 12.8 Å². The van der Waals surface area contributed by atoms with Crippen LogP contribution < -0.4 is 0 Å². The zero-order valence-electron chi connectivity index (χ0n) is 14.5. The van der Waals surface area contributed by atoms with Gasteiger partial charge in [-0.05, 0) is 79.5 Å². The van der Waals surface area contributed by atoms with Crippen molar-refractivity contribution in [3.05, 3.63) is 107 Å². The summed E-state index contributed by atoms with van der Waals surface area (Å²) in [6.07, 6.45) is 2.09. The van der Waals surface area contributed by atoms with E-state index in [-0.39, 0.29) is 0 Å². The Kier molecular flexibility index (Phi) is 2.81. The highest BCUT2D eigenvalue weighted by Gasteiger charge is 2.17. The van der Waals surface area contributed by atoms with Crippen molar-refractivity contribution in [2.45, 2.75) is 12.8 Å². The zero-order chi connectivity index (χ0) is 17.1. The van der Waals surface area contributed by atoms with Gasteiger partial charge in [-0.25, -0.2) is 0 Å². The van der Waals surface area contributed by atoms with E-state index in [1.165, 1.54) is 54.6 Å². The van der Waals surface area contributed by atoms with E-state index in [1.54, 1.807) is 0 Å². The molecular formula is C26H18. The second-order valence-electron chi connectivity index (χ2n) is 7.38. The van der Waals surface area contributed by atoms with Crippen molar-refractivity contribution in [3.8, 4) is 0 Å². The van der Waals surface area contributed by atoms with Crippen LogP contribution in [0.4, 0.5) is 0 Å². The van der Waals surface area contributed by atoms with E-state index in [2.05, 4.69) is 84.9 Å². The molecule has 0 unspecified atom stereocenters. The molecule has 0 fully saturated rings. The van der Waals surface area contributed by atoms with Crippen molar-refractivity contribution in [3.63, 3.8) is 0 Å². The van der Waals surface area contributed by atoms with E-state index in [4.69, 9.17) is 0 Å². The maximum atomic E-state index is 2.45. The molecule has 0 amide bonds. The van der Waals surface area contributed by atoms with E-state index in [1.807, 2.05) is 0 Å². The van der Waals surface area contributed by atoms with Crippen LogP contribution in [0.1, 0.15) is 22.3 Å². The van der Waals surface area contributed by atoms with E-state index < -0.39 is 0 Å². The van der Waals surface area contributed by atoms with Crippen LogP contribution in [0.3, 0.4) is 0 Å². The predicted molar refractivity (Wildman–Crippen MR) is 111 cm³/mol. The minimum absolute atomic E-state index is 1.04. The standard InChI is InChI=1S/C26H18/c1-2-8-18-14-20-16-26-24-12-6-4-10-22(24)21-9-3-5-11-23(21)25(26)15-19(20)13-17(18)7-1/h1-12,15-16H,13-14H2. The average Bonchev–Trinajstić information content (AvgIpc) is 2.71. The lowest BCUT2D eigenvalue weighted by Gasteiger charge is -2.21. The van der Waals surface area contributed by atoms with Gasteiger partial charge in [0.05, 0.1) is 0 Å². The lowest BCUT2D eigenvalue weighted by Crippen LogP contribution is -2.07. The Morgan fingerprint density at radius 2 is 0.692 bits per heavy atom. The average molecular weight is 330 g/mol. The van der Waals surface area contributed by atoms with Crippen LogP contribution >= 0.6 is 0 Å². The van der Waals surface area contributed by atoms with Crippen LogP contribution in [0, 0.1) is 0 Å². The fourth-order valence-corrected chi connectivity index (χ4v) is 4.68. The second-order valence-corrected chi connectivity index (χ2v) is 7.38. The molecule has 0 spiro atoms. The van der Waals surface area contributed by atoms with Gasteiger partial charge in [0.25, 0.3) is 0 Å². The fourth-order valence-electron chi connectivity index (χ4n) is 4.68. The van der Waals surface area contributed by atoms with Crippen LogP contribution in [0.15, 0.2) is 84.9 Å². The number of benzene rings is 5. The summed E-state index contributed by atoms with van der Waals surface area (Å²) < 4.78 is 0. The Balaban J connectivity index is 1.75. The minimum Gasteiger partial charge on any atom is -0.0620 e. The maximum absolute atomic E-state index is 2.45. The summed E-state index contributed by atoms with van der Waals surface area (Å²) in [5.41, 5.74) is 5.92. The Bertz CT molecular complexity index is 1220. The lowest BCUT2D eigenvalue weighted by molar-refractivity contribution is 1.01. The smallest absolute Gasteiger partial charge is 0.00198 e. The second kappa shape index (κ2) is 5.19. The third-order valence-electron chi connectivity index (χ3n) is 5.94. The van der Waals surface area contributed by atoms with E-state index >= 15 is 0 Å². The van der Waals surface area contributed by atoms with Crippen LogP contribution in [-0.4, -0.2) is 0 Å². The lowest BCUT2D eigenvalue weighted by atomic mass is 9.83. The fraction of sp³-hybridized carbons (Fsp3) is 0.0769. The van der Waals surface area contributed by atoms with Crippen LogP contribution in [0.2, 0.25) is 0 Å². The van der Waals surface area contributed by atoms with Gasteiger partial charge in [0.15, 0.2) is 0 Å². The van der Waals surface area contributed by atoms with Gasteiger partial charge in [-0.1, -0.05) is 72.8 Å². The normalized spacial score (nSPS) is 13.1. The quantitative estimate of drug-likeness (QED) is 0.274. The molecule has 6 rings (SSSR count). The van der Waals surface area contributed by atoms with Crippen molar-refractivity contribution < 1.29 is 0 Å². The maximum Gasteiger partial charge on any atom is -0.00198 e. The highest BCUT2D eigenvalue weighted by atomic mass is 14.2. The first-order valence-electron chi connectivity index (χ1n) is 9.30. The Morgan fingerprint density at radius 3 is 1.12 bits per heavy atom. The number of hydrogen-bond acceptors (Lipinski definition) is 0. The summed E-state index contributed by atoms with van der Waals surface area (Å²) in [4.78, 5) is 0. The Hall–Kier alpha value is -3.12. The van der Waals surface area contributed by atoms with Gasteiger partial charge in [-0.2, -0.15) is 0 Å². The van der Waals surface area contributed by atoms with Crippen molar-refractivity contribution in [2.24, 2.45) is 0 Å². The molecule has 1 aliphatic carbocycles. The first-order chi connectivity index (χ1) is 12.9. The Labute approximate surface area is 152 Å². The van der Waals surface area contributed by atoms with Crippen molar-refractivity contribution in [1.82, 2.24) is 0 Å². The predicted octanol–water partition coefficient (Wildman–Crippen LogP) is 6.64. The summed E-state index contributed by atoms with van der Waals surface area (Å²) in [5, 5.41) is 8.21. The third-order valence-corrected chi connectivity index (χ3v) is 5.94. The van der Waals surface area contributed by atoms with Gasteiger partial charge >= 0.3 is 0 Å². The van der Waals surface area contributed by atoms with Gasteiger partial charge in [-0.15, -0.1) is 0 Å². The first-order valence-corrected chi connectivity index (χ1v) is 9.30. The molecule has 0 saturated heterocycles. The van der Waals surface area contributed by atoms with Crippen LogP contribution in [0.25, 0.3) is 32.3 Å². The Morgan fingerprint density at radius 1 is 0.346 bits per heavy atom. The summed E-state index contributed by atoms with van der Waals surface area (Å²) >= 11 is 0. The molecule has 0 heteroatoms. The molecule has 0 bridgehead atoms. The number of rotatable bonds is 0. The molecule has 0 aromatic heterocycles. The monoisotopic (exact) mass is 330 g/mol. The summed E-state index contributed by atoms with van der Waals surface area (Å²) in [6, 6.07) is 31.5. The first kappa shape index (κ1) is 14.1. The topological polar surface area (TPSA) is 0 Å². The molecule has 0 radical (unpaired) electrons. The number of hydrogen-bond donors (Lipinski definition) is 0. The molecule has 5 aromatic rings. The molecule has 0 heterocycles. The molecule has 0 N–H and O–H groups in total. The highest BCUT2D eigenvalue weighted by Crippen LogP contribution is 2.38. The molecule has 122 valence electrons. The molecule has 0 nitrogen and oxygen atoms in total. The van der Waals surface area contributed by atoms with Gasteiger partial charge in [0.2, 0.25) is 0 Å². The summed E-state index contributed by atoms with van der Waals surface area (Å²) in [6.45, 7) is 0. The highest BCUT2D eigenvalue weighted by molar-refractivity contribution is 6.25. The van der Waals surface area contributed by atoms with E-state index in [9.17, 15) is 0 Å². The molecule has 1 aliphatic rings. The van der Waals surface area contributed by atoms with E-state index in [0.29, 0.717) is 0 Å². The van der Waals surface area contributed by atoms with Gasteiger partial charge in [-0.3, -0.25) is 0 Å². The molecule has 5 aromatic carbocycles. The summed E-state index contributed by atoms with van der Waals surface area (Å²) in [7, 11) is 0. The molecule has 26 heavy (non-hydrogen) atoms.